The van der Waals surface area contributed by atoms with E-state index in [-0.39, 0.29) is 23.9 Å². The van der Waals surface area contributed by atoms with Crippen LogP contribution in [0.1, 0.15) is 19.4 Å². The van der Waals surface area contributed by atoms with Crippen molar-refractivity contribution in [2.45, 2.75) is 36.1 Å². The summed E-state index contributed by atoms with van der Waals surface area (Å²) in [5, 5.41) is 2.35. The minimum absolute atomic E-state index is 0.0955. The summed E-state index contributed by atoms with van der Waals surface area (Å²) >= 11 is 3.36. The first kappa shape index (κ1) is 31.3. The minimum Gasteiger partial charge on any atom is -0.484 e. The van der Waals surface area contributed by atoms with E-state index in [4.69, 9.17) is 9.47 Å². The molecule has 11 heteroatoms. The Balaban J connectivity index is 1.38. The number of halogens is 4. The zero-order valence-corrected chi connectivity index (χ0v) is 27.1. The van der Waals surface area contributed by atoms with Crippen LogP contribution in [0.15, 0.2) is 112 Å². The number of nitrogens with zero attached hydrogens (tertiary/aromatic N) is 1. The van der Waals surface area contributed by atoms with Crippen molar-refractivity contribution in [3.05, 3.63) is 113 Å². The van der Waals surface area contributed by atoms with E-state index in [1.165, 1.54) is 16.4 Å². The third-order valence-corrected chi connectivity index (χ3v) is 13.5. The third-order valence-electron chi connectivity index (χ3n) is 7.43. The molecule has 1 heterocycles. The number of fused-ring (bicyclic) bond motifs is 1. The molecule has 0 aliphatic carbocycles. The Morgan fingerprint density at radius 2 is 1.53 bits per heavy atom. The lowest BCUT2D eigenvalue weighted by molar-refractivity contribution is -0.137. The van der Waals surface area contributed by atoms with Gasteiger partial charge in [0.05, 0.1) is 29.3 Å². The zero-order valence-electron chi connectivity index (χ0n) is 23.6. The number of anilines is 1. The Bertz CT molecular complexity index is 1630. The van der Waals surface area contributed by atoms with E-state index < -0.39 is 41.6 Å². The van der Waals surface area contributed by atoms with Gasteiger partial charge in [-0.05, 0) is 41.4 Å². The molecule has 0 radical (unpaired) electrons. The first-order chi connectivity index (χ1) is 20.4. The van der Waals surface area contributed by atoms with E-state index in [0.29, 0.717) is 22.9 Å². The van der Waals surface area contributed by atoms with E-state index >= 15 is 0 Å². The average molecular weight is 691 g/mol. The number of rotatable bonds is 9. The standard InChI is InChI=1S/C32H31BrF3NO4SSi/c1-31(2,43(27-12-5-3-6-13-27)28-14-7-4-8-15-28)22-40-21-25-20-37(29-19-24(33)16-17-30(29)41-25)42(38,39)26-11-9-10-23(18-26)32(34,35)36/h3-19,25,43H,20-22H2,1-2H3/t25-/m1/s1. The molecule has 0 spiro atoms. The van der Waals surface area contributed by atoms with Crippen molar-refractivity contribution in [2.24, 2.45) is 0 Å². The van der Waals surface area contributed by atoms with E-state index in [0.717, 1.165) is 16.4 Å². The van der Waals surface area contributed by atoms with Crippen molar-refractivity contribution in [1.29, 1.82) is 0 Å². The van der Waals surface area contributed by atoms with Gasteiger partial charge in [0.2, 0.25) is 0 Å². The van der Waals surface area contributed by atoms with Crippen LogP contribution in [0.5, 0.6) is 5.75 Å². The Kier molecular flexibility index (Phi) is 9.08. The molecule has 5 rings (SSSR count). The highest BCUT2D eigenvalue weighted by molar-refractivity contribution is 9.10. The summed E-state index contributed by atoms with van der Waals surface area (Å²) in [6.45, 7) is 4.74. The Morgan fingerprint density at radius 1 is 0.907 bits per heavy atom. The molecule has 0 bridgehead atoms. The second kappa shape index (κ2) is 12.5. The summed E-state index contributed by atoms with van der Waals surface area (Å²) in [4.78, 5) is -0.449. The van der Waals surface area contributed by atoms with Crippen molar-refractivity contribution < 1.29 is 31.1 Å². The van der Waals surface area contributed by atoms with Crippen LogP contribution >= 0.6 is 15.9 Å². The van der Waals surface area contributed by atoms with Crippen LogP contribution in [0.25, 0.3) is 0 Å². The fourth-order valence-corrected chi connectivity index (χ4v) is 11.1. The summed E-state index contributed by atoms with van der Waals surface area (Å²) in [6, 6.07) is 29.5. The number of hydrogen-bond donors (Lipinski definition) is 0. The summed E-state index contributed by atoms with van der Waals surface area (Å²) in [5.74, 6) is 0.304. The molecule has 4 aromatic rings. The largest absolute Gasteiger partial charge is 0.484 e. The van der Waals surface area contributed by atoms with Gasteiger partial charge >= 0.3 is 6.18 Å². The topological polar surface area (TPSA) is 55.8 Å². The smallest absolute Gasteiger partial charge is 0.416 e. The summed E-state index contributed by atoms with van der Waals surface area (Å²) in [7, 11) is -6.13. The monoisotopic (exact) mass is 689 g/mol. The first-order valence-electron chi connectivity index (χ1n) is 13.7. The van der Waals surface area contributed by atoms with Crippen LogP contribution in [0.3, 0.4) is 0 Å². The fourth-order valence-electron chi connectivity index (χ4n) is 5.48. The quantitative estimate of drug-likeness (QED) is 0.195. The van der Waals surface area contributed by atoms with Crippen molar-refractivity contribution in [2.75, 3.05) is 24.1 Å². The van der Waals surface area contributed by atoms with Crippen molar-refractivity contribution in [1.82, 2.24) is 0 Å². The number of alkyl halides is 3. The van der Waals surface area contributed by atoms with Crippen LogP contribution < -0.4 is 19.4 Å². The van der Waals surface area contributed by atoms with Gasteiger partial charge in [-0.3, -0.25) is 4.31 Å². The van der Waals surface area contributed by atoms with Crippen LogP contribution in [0, 0.1) is 0 Å². The fraction of sp³-hybridized carbons (Fsp3) is 0.250. The Morgan fingerprint density at radius 3 is 2.14 bits per heavy atom. The lowest BCUT2D eigenvalue weighted by Crippen LogP contribution is -2.52. The van der Waals surface area contributed by atoms with Crippen LogP contribution in [-0.4, -0.2) is 43.1 Å². The lowest BCUT2D eigenvalue weighted by atomic mass is 10.2. The number of hydrogen-bond acceptors (Lipinski definition) is 4. The predicted molar refractivity (Wildman–Crippen MR) is 169 cm³/mol. The molecule has 5 nitrogen and oxygen atoms in total. The van der Waals surface area contributed by atoms with E-state index in [9.17, 15) is 21.6 Å². The van der Waals surface area contributed by atoms with Gasteiger partial charge in [0, 0.05) is 11.1 Å². The Labute approximate surface area is 260 Å². The molecule has 0 amide bonds. The van der Waals surface area contributed by atoms with Gasteiger partial charge in [-0.15, -0.1) is 0 Å². The molecule has 0 N–H and O–H groups in total. The van der Waals surface area contributed by atoms with Crippen molar-refractivity contribution >= 4 is 50.8 Å². The normalized spacial score (nSPS) is 15.7. The molecule has 1 atom stereocenters. The first-order valence-corrected chi connectivity index (χ1v) is 17.7. The van der Waals surface area contributed by atoms with Gasteiger partial charge in [-0.25, -0.2) is 8.42 Å². The molecule has 43 heavy (non-hydrogen) atoms. The van der Waals surface area contributed by atoms with Crippen LogP contribution in [-0.2, 0) is 20.9 Å². The molecule has 0 fully saturated rings. The molecule has 1 aliphatic heterocycles. The predicted octanol–water partition coefficient (Wildman–Crippen LogP) is 6.26. The van der Waals surface area contributed by atoms with E-state index in [1.807, 2.05) is 36.4 Å². The van der Waals surface area contributed by atoms with Gasteiger partial charge in [0.1, 0.15) is 20.7 Å². The molecule has 4 aromatic carbocycles. The molecular formula is C32H31BrF3NO4SSi. The van der Waals surface area contributed by atoms with Gasteiger partial charge in [-0.1, -0.05) is 107 Å². The third kappa shape index (κ3) is 7.00. The summed E-state index contributed by atoms with van der Waals surface area (Å²) < 4.78 is 81.9. The number of benzene rings is 4. The molecule has 226 valence electrons. The highest BCUT2D eigenvalue weighted by atomic mass is 79.9. The maximum atomic E-state index is 13.8. The van der Waals surface area contributed by atoms with Crippen LogP contribution in [0.4, 0.5) is 18.9 Å². The molecule has 1 aliphatic rings. The SMILES string of the molecule is CC(C)(COC[C@H]1CN(S(=O)(=O)c2cccc(C(F)(F)F)c2)c2cc(Br)ccc2O1)[SiH](c1ccccc1)c1ccccc1. The Hall–Kier alpha value is -3.12. The number of ether oxygens (including phenoxy) is 2. The van der Waals surface area contributed by atoms with E-state index in [1.54, 1.807) is 18.2 Å². The zero-order chi connectivity index (χ0) is 30.8. The molecule has 0 aromatic heterocycles. The van der Waals surface area contributed by atoms with Crippen LogP contribution in [0.2, 0.25) is 5.04 Å². The average Bonchev–Trinajstić information content (AvgIpc) is 2.97. The highest BCUT2D eigenvalue weighted by Gasteiger charge is 2.38. The van der Waals surface area contributed by atoms with E-state index in [2.05, 4.69) is 54.0 Å². The molecular weight excluding hydrogens is 659 g/mol. The highest BCUT2D eigenvalue weighted by Crippen LogP contribution is 2.40. The van der Waals surface area contributed by atoms with Gasteiger partial charge in [-0.2, -0.15) is 13.2 Å². The van der Waals surface area contributed by atoms with Gasteiger partial charge in [0.25, 0.3) is 10.0 Å². The second-order valence-electron chi connectivity index (χ2n) is 11.2. The molecule has 0 saturated heterocycles. The van der Waals surface area contributed by atoms with Crippen molar-refractivity contribution in [3.63, 3.8) is 0 Å². The molecule has 0 saturated carbocycles. The summed E-state index contributed by atoms with van der Waals surface area (Å²) in [5.41, 5.74) is -0.794. The summed E-state index contributed by atoms with van der Waals surface area (Å²) in [6.07, 6.45) is -5.36. The number of sulfonamides is 1. The lowest BCUT2D eigenvalue weighted by Gasteiger charge is -2.37. The maximum absolute atomic E-state index is 13.8. The maximum Gasteiger partial charge on any atom is 0.416 e. The van der Waals surface area contributed by atoms with Gasteiger partial charge in [0.15, 0.2) is 0 Å². The molecule has 0 unspecified atom stereocenters. The minimum atomic E-state index is -4.68. The van der Waals surface area contributed by atoms with Gasteiger partial charge < -0.3 is 9.47 Å². The van der Waals surface area contributed by atoms with Crippen molar-refractivity contribution in [3.8, 4) is 5.75 Å². The second-order valence-corrected chi connectivity index (χ2v) is 17.7.